The van der Waals surface area contributed by atoms with Crippen LogP contribution in [0.15, 0.2) is 36.4 Å². The highest BCUT2D eigenvalue weighted by molar-refractivity contribution is 6.03. The highest BCUT2D eigenvalue weighted by Gasteiger charge is 2.18. The van der Waals surface area contributed by atoms with Gasteiger partial charge in [0.05, 0.1) is 26.4 Å². The standard InChI is InChI=1S/C24H33N5O4/c1-27(2)20-5-3-4-19(16-20)25-24(30)22-17-21(33-15-8-28-6-11-31-12-7-28)18-23(26-22)29-9-13-32-14-10-29/h3-5,16-18H,6-15H2,1-2H3,(H,25,30). The third-order valence-corrected chi connectivity index (χ3v) is 5.75. The highest BCUT2D eigenvalue weighted by atomic mass is 16.5. The van der Waals surface area contributed by atoms with E-state index in [2.05, 4.69) is 20.1 Å². The molecule has 0 atom stereocenters. The second-order valence-electron chi connectivity index (χ2n) is 8.35. The zero-order valence-corrected chi connectivity index (χ0v) is 19.5. The number of hydrogen-bond acceptors (Lipinski definition) is 8. The lowest BCUT2D eigenvalue weighted by molar-refractivity contribution is 0.0322. The van der Waals surface area contributed by atoms with Gasteiger partial charge in [-0.25, -0.2) is 4.98 Å². The van der Waals surface area contributed by atoms with Crippen molar-refractivity contribution in [2.45, 2.75) is 0 Å². The smallest absolute Gasteiger partial charge is 0.274 e. The van der Waals surface area contributed by atoms with Crippen LogP contribution in [0.1, 0.15) is 10.5 Å². The molecule has 2 fully saturated rings. The fourth-order valence-electron chi connectivity index (χ4n) is 3.82. The molecule has 9 heteroatoms. The summed E-state index contributed by atoms with van der Waals surface area (Å²) in [7, 11) is 3.93. The molecular formula is C24H33N5O4. The van der Waals surface area contributed by atoms with Crippen LogP contribution in [0.4, 0.5) is 17.2 Å². The van der Waals surface area contributed by atoms with Crippen molar-refractivity contribution in [2.75, 3.05) is 95.0 Å². The molecule has 1 N–H and O–H groups in total. The van der Waals surface area contributed by atoms with E-state index in [1.54, 1.807) is 6.07 Å². The van der Waals surface area contributed by atoms with E-state index in [0.717, 1.165) is 63.1 Å². The number of benzene rings is 1. The minimum atomic E-state index is -0.265. The van der Waals surface area contributed by atoms with E-state index in [4.69, 9.17) is 14.2 Å². The molecule has 0 saturated carbocycles. The topological polar surface area (TPSA) is 79.4 Å². The molecule has 2 aliphatic heterocycles. The largest absolute Gasteiger partial charge is 0.492 e. The summed E-state index contributed by atoms with van der Waals surface area (Å²) in [6.07, 6.45) is 0. The minimum absolute atomic E-state index is 0.265. The lowest BCUT2D eigenvalue weighted by Crippen LogP contribution is -2.38. The number of nitrogens with one attached hydrogen (secondary N) is 1. The Morgan fingerprint density at radius 3 is 2.52 bits per heavy atom. The number of pyridine rings is 1. The van der Waals surface area contributed by atoms with Gasteiger partial charge in [0, 0.05) is 70.3 Å². The molecule has 0 spiro atoms. The van der Waals surface area contributed by atoms with E-state index in [1.165, 1.54) is 0 Å². The quantitative estimate of drug-likeness (QED) is 0.647. The van der Waals surface area contributed by atoms with Crippen LogP contribution in [0.3, 0.4) is 0 Å². The fraction of sp³-hybridized carbons (Fsp3) is 0.500. The zero-order valence-electron chi connectivity index (χ0n) is 19.5. The van der Waals surface area contributed by atoms with Crippen LogP contribution in [0.25, 0.3) is 0 Å². The average molecular weight is 456 g/mol. The normalized spacial score (nSPS) is 17.0. The molecule has 1 aromatic heterocycles. The molecule has 0 aliphatic carbocycles. The van der Waals surface area contributed by atoms with Crippen LogP contribution in [0.2, 0.25) is 0 Å². The van der Waals surface area contributed by atoms with Gasteiger partial charge in [-0.05, 0) is 18.2 Å². The van der Waals surface area contributed by atoms with Crippen molar-refractivity contribution in [3.8, 4) is 5.75 Å². The number of anilines is 3. The summed E-state index contributed by atoms with van der Waals surface area (Å²) in [6, 6.07) is 11.3. The van der Waals surface area contributed by atoms with Crippen molar-refractivity contribution < 1.29 is 19.0 Å². The summed E-state index contributed by atoms with van der Waals surface area (Å²) in [4.78, 5) is 24.2. The van der Waals surface area contributed by atoms with Gasteiger partial charge in [-0.1, -0.05) is 6.07 Å². The third kappa shape index (κ3) is 6.56. The Morgan fingerprint density at radius 2 is 1.79 bits per heavy atom. The lowest BCUT2D eigenvalue weighted by Gasteiger charge is -2.28. The predicted molar refractivity (Wildman–Crippen MR) is 129 cm³/mol. The van der Waals surface area contributed by atoms with Crippen molar-refractivity contribution >= 4 is 23.1 Å². The Kier molecular flexibility index (Phi) is 7.98. The van der Waals surface area contributed by atoms with Gasteiger partial charge < -0.3 is 29.3 Å². The summed E-state index contributed by atoms with van der Waals surface area (Å²) >= 11 is 0. The number of hydrogen-bond donors (Lipinski definition) is 1. The van der Waals surface area contributed by atoms with Crippen LogP contribution < -0.4 is 19.9 Å². The summed E-state index contributed by atoms with van der Waals surface area (Å²) < 4.78 is 16.9. The van der Waals surface area contributed by atoms with Gasteiger partial charge >= 0.3 is 0 Å². The molecule has 9 nitrogen and oxygen atoms in total. The average Bonchev–Trinajstić information content (AvgIpc) is 2.85. The first-order valence-corrected chi connectivity index (χ1v) is 11.4. The number of nitrogens with zero attached hydrogens (tertiary/aromatic N) is 4. The first-order chi connectivity index (χ1) is 16.1. The van der Waals surface area contributed by atoms with Crippen molar-refractivity contribution in [2.24, 2.45) is 0 Å². The van der Waals surface area contributed by atoms with Crippen LogP contribution in [-0.4, -0.2) is 95.6 Å². The number of rotatable bonds is 8. The van der Waals surface area contributed by atoms with E-state index in [9.17, 15) is 4.79 Å². The van der Waals surface area contributed by atoms with Crippen LogP contribution >= 0.6 is 0 Å². The van der Waals surface area contributed by atoms with Gasteiger partial charge in [-0.2, -0.15) is 0 Å². The molecule has 0 bridgehead atoms. The van der Waals surface area contributed by atoms with Crippen molar-refractivity contribution in [3.63, 3.8) is 0 Å². The zero-order chi connectivity index (χ0) is 23.0. The molecule has 2 saturated heterocycles. The van der Waals surface area contributed by atoms with Gasteiger partial charge in [-0.15, -0.1) is 0 Å². The number of carbonyl (C=O) groups excluding carboxylic acids is 1. The third-order valence-electron chi connectivity index (χ3n) is 5.75. The van der Waals surface area contributed by atoms with E-state index >= 15 is 0 Å². The van der Waals surface area contributed by atoms with Crippen LogP contribution in [-0.2, 0) is 9.47 Å². The lowest BCUT2D eigenvalue weighted by atomic mass is 10.2. The monoisotopic (exact) mass is 455 g/mol. The van der Waals surface area contributed by atoms with E-state index in [1.807, 2.05) is 49.3 Å². The summed E-state index contributed by atoms with van der Waals surface area (Å²) in [6.45, 7) is 7.45. The Bertz CT molecular complexity index is 927. The molecular weight excluding hydrogens is 422 g/mol. The van der Waals surface area contributed by atoms with Crippen molar-refractivity contribution in [1.82, 2.24) is 9.88 Å². The predicted octanol–water partition coefficient (Wildman–Crippen LogP) is 1.95. The number of carbonyl (C=O) groups is 1. The van der Waals surface area contributed by atoms with Gasteiger partial charge in [0.25, 0.3) is 5.91 Å². The second-order valence-corrected chi connectivity index (χ2v) is 8.35. The van der Waals surface area contributed by atoms with E-state index in [-0.39, 0.29) is 5.91 Å². The Labute approximate surface area is 195 Å². The summed E-state index contributed by atoms with van der Waals surface area (Å²) in [5, 5.41) is 2.97. The summed E-state index contributed by atoms with van der Waals surface area (Å²) in [5.74, 6) is 1.11. The molecule has 2 aromatic rings. The number of ether oxygens (including phenoxy) is 3. The summed E-state index contributed by atoms with van der Waals surface area (Å²) in [5.41, 5.74) is 2.06. The maximum Gasteiger partial charge on any atom is 0.274 e. The first kappa shape index (κ1) is 23.3. The Morgan fingerprint density at radius 1 is 1.06 bits per heavy atom. The highest BCUT2D eigenvalue weighted by Crippen LogP contribution is 2.23. The maximum absolute atomic E-state index is 13.1. The van der Waals surface area contributed by atoms with Crippen LogP contribution in [0.5, 0.6) is 5.75 Å². The van der Waals surface area contributed by atoms with E-state index < -0.39 is 0 Å². The fourth-order valence-corrected chi connectivity index (χ4v) is 3.82. The molecule has 33 heavy (non-hydrogen) atoms. The van der Waals surface area contributed by atoms with Crippen LogP contribution in [0, 0.1) is 0 Å². The van der Waals surface area contributed by atoms with E-state index in [0.29, 0.717) is 31.3 Å². The van der Waals surface area contributed by atoms with Crippen molar-refractivity contribution in [3.05, 3.63) is 42.1 Å². The molecule has 178 valence electrons. The molecule has 3 heterocycles. The molecule has 1 aromatic carbocycles. The Hall–Kier alpha value is -2.88. The molecule has 4 rings (SSSR count). The SMILES string of the molecule is CN(C)c1cccc(NC(=O)c2cc(OCCN3CCOCC3)cc(N3CCOCC3)n2)c1. The molecule has 1 amide bonds. The maximum atomic E-state index is 13.1. The van der Waals surface area contributed by atoms with Gasteiger partial charge in [-0.3, -0.25) is 9.69 Å². The molecule has 0 radical (unpaired) electrons. The van der Waals surface area contributed by atoms with Gasteiger partial charge in [0.2, 0.25) is 0 Å². The molecule has 0 unspecified atom stereocenters. The second kappa shape index (κ2) is 11.3. The minimum Gasteiger partial charge on any atom is -0.492 e. The number of aromatic nitrogens is 1. The first-order valence-electron chi connectivity index (χ1n) is 11.4. The van der Waals surface area contributed by atoms with Gasteiger partial charge in [0.15, 0.2) is 0 Å². The molecule has 2 aliphatic rings. The Balaban J connectivity index is 1.49. The van der Waals surface area contributed by atoms with Gasteiger partial charge in [0.1, 0.15) is 23.9 Å². The number of morpholine rings is 2. The van der Waals surface area contributed by atoms with Crippen molar-refractivity contribution in [1.29, 1.82) is 0 Å². The number of amides is 1.